The molecule has 2 heterocycles. The van der Waals surface area contributed by atoms with E-state index in [2.05, 4.69) is 5.32 Å². The predicted octanol–water partition coefficient (Wildman–Crippen LogP) is 3.14. The predicted molar refractivity (Wildman–Crippen MR) is 86.5 cm³/mol. The number of amides is 1. The second kappa shape index (κ2) is 6.75. The number of nitrogens with zero attached hydrogens (tertiary/aromatic N) is 1. The number of carbonyl (C=O) groups is 1. The summed E-state index contributed by atoms with van der Waals surface area (Å²) in [6.45, 7) is 6.78. The van der Waals surface area contributed by atoms with Crippen LogP contribution < -0.4 is 5.32 Å². The molecule has 0 aromatic heterocycles. The first-order valence-corrected chi connectivity index (χ1v) is 7.72. The van der Waals surface area contributed by atoms with Crippen molar-refractivity contribution in [1.82, 2.24) is 10.2 Å². The molecule has 0 radical (unpaired) electrons. The molecule has 0 saturated carbocycles. The number of dihydropyridines is 1. The monoisotopic (exact) mass is 326 g/mol. The topological polar surface area (TPSA) is 50.8 Å². The molecule has 1 unspecified atom stereocenters. The molecule has 2 aliphatic rings. The molecule has 0 saturated heterocycles. The van der Waals surface area contributed by atoms with Gasteiger partial charge in [0.1, 0.15) is 5.60 Å². The summed E-state index contributed by atoms with van der Waals surface area (Å²) in [5.41, 5.74) is 1.67. The molecular weight excluding hydrogens is 304 g/mol. The van der Waals surface area contributed by atoms with E-state index < -0.39 is 5.60 Å². The zero-order chi connectivity index (χ0) is 16.3. The largest absolute Gasteiger partial charge is 0.444 e. The molecule has 1 atom stereocenters. The van der Waals surface area contributed by atoms with Gasteiger partial charge in [0.2, 0.25) is 0 Å². The summed E-state index contributed by atoms with van der Waals surface area (Å²) in [4.78, 5) is 13.7. The van der Waals surface area contributed by atoms with E-state index >= 15 is 0 Å². The lowest BCUT2D eigenvalue weighted by atomic mass is 10.0. The summed E-state index contributed by atoms with van der Waals surface area (Å²) in [7, 11) is 1.61. The van der Waals surface area contributed by atoms with Crippen LogP contribution in [0, 0.1) is 0 Å². The van der Waals surface area contributed by atoms with Crippen LogP contribution in [0.3, 0.4) is 0 Å². The van der Waals surface area contributed by atoms with Gasteiger partial charge in [-0.25, -0.2) is 4.79 Å². The van der Waals surface area contributed by atoms with Gasteiger partial charge in [-0.1, -0.05) is 17.7 Å². The van der Waals surface area contributed by atoms with E-state index in [0.29, 0.717) is 18.1 Å². The zero-order valence-electron chi connectivity index (χ0n) is 13.5. The van der Waals surface area contributed by atoms with Crippen LogP contribution in [0.1, 0.15) is 27.2 Å². The molecule has 2 aliphatic heterocycles. The van der Waals surface area contributed by atoms with Gasteiger partial charge in [-0.2, -0.15) is 0 Å². The SMILES string of the molecule is COC1NC(C2=CCN(C(=O)OC(C)(C)C)CC2)=CC=C1Cl. The van der Waals surface area contributed by atoms with Gasteiger partial charge in [-0.3, -0.25) is 0 Å². The van der Waals surface area contributed by atoms with Crippen molar-refractivity contribution in [3.8, 4) is 0 Å². The zero-order valence-corrected chi connectivity index (χ0v) is 14.2. The first-order chi connectivity index (χ1) is 10.3. The first kappa shape index (κ1) is 16.9. The van der Waals surface area contributed by atoms with Crippen LogP contribution in [-0.2, 0) is 9.47 Å². The van der Waals surface area contributed by atoms with E-state index in [1.807, 2.05) is 39.0 Å². The van der Waals surface area contributed by atoms with Gasteiger partial charge in [0.15, 0.2) is 6.23 Å². The maximum atomic E-state index is 12.0. The van der Waals surface area contributed by atoms with Crippen molar-refractivity contribution in [1.29, 1.82) is 0 Å². The summed E-state index contributed by atoms with van der Waals surface area (Å²) < 4.78 is 10.7. The van der Waals surface area contributed by atoms with Crippen LogP contribution in [0.5, 0.6) is 0 Å². The van der Waals surface area contributed by atoms with Crippen molar-refractivity contribution < 1.29 is 14.3 Å². The molecule has 6 heteroatoms. The Hall–Kier alpha value is -1.46. The second-order valence-corrected chi connectivity index (χ2v) is 6.73. The minimum absolute atomic E-state index is 0.272. The minimum Gasteiger partial charge on any atom is -0.444 e. The molecule has 0 bridgehead atoms. The molecule has 0 aromatic carbocycles. The average Bonchev–Trinajstić information content (AvgIpc) is 2.46. The van der Waals surface area contributed by atoms with Crippen LogP contribution in [0.2, 0.25) is 0 Å². The number of hydrogen-bond donors (Lipinski definition) is 1. The van der Waals surface area contributed by atoms with E-state index in [4.69, 9.17) is 21.1 Å². The molecule has 0 aromatic rings. The summed E-state index contributed by atoms with van der Waals surface area (Å²) >= 11 is 6.05. The number of nitrogens with one attached hydrogen (secondary N) is 1. The van der Waals surface area contributed by atoms with Gasteiger partial charge in [-0.15, -0.1) is 0 Å². The van der Waals surface area contributed by atoms with Crippen molar-refractivity contribution in [3.63, 3.8) is 0 Å². The van der Waals surface area contributed by atoms with Gasteiger partial charge < -0.3 is 19.7 Å². The van der Waals surface area contributed by atoms with Crippen molar-refractivity contribution >= 4 is 17.7 Å². The third kappa shape index (κ3) is 4.27. The molecule has 0 aliphatic carbocycles. The second-order valence-electron chi connectivity index (χ2n) is 6.30. The van der Waals surface area contributed by atoms with E-state index in [1.54, 1.807) is 12.0 Å². The van der Waals surface area contributed by atoms with Crippen molar-refractivity contribution in [3.05, 3.63) is 34.5 Å². The molecule has 1 N–H and O–H groups in total. The van der Waals surface area contributed by atoms with Gasteiger partial charge in [0, 0.05) is 25.9 Å². The average molecular weight is 327 g/mol. The summed E-state index contributed by atoms with van der Waals surface area (Å²) in [6, 6.07) is 0. The molecule has 5 nitrogen and oxygen atoms in total. The minimum atomic E-state index is -0.470. The molecule has 2 rings (SSSR count). The number of halogens is 1. The van der Waals surface area contributed by atoms with Crippen LogP contribution in [0.4, 0.5) is 4.79 Å². The molecule has 22 heavy (non-hydrogen) atoms. The summed E-state index contributed by atoms with van der Waals surface area (Å²) in [5.74, 6) is 0. The normalized spacial score (nSPS) is 22.3. The van der Waals surface area contributed by atoms with Crippen LogP contribution in [0.15, 0.2) is 34.5 Å². The van der Waals surface area contributed by atoms with Crippen LogP contribution in [0.25, 0.3) is 0 Å². The standard InChI is InChI=1S/C16H23ClN2O3/c1-16(2,3)22-15(20)19-9-7-11(8-10-19)13-6-5-12(17)14(18-13)21-4/h5-7,14,18H,8-10H2,1-4H3. The highest BCUT2D eigenvalue weighted by Gasteiger charge is 2.25. The highest BCUT2D eigenvalue weighted by Crippen LogP contribution is 2.24. The number of ether oxygens (including phenoxy) is 2. The Balaban J connectivity index is 1.99. The number of rotatable bonds is 2. The number of carbonyl (C=O) groups excluding carboxylic acids is 1. The maximum Gasteiger partial charge on any atom is 0.410 e. The van der Waals surface area contributed by atoms with E-state index in [1.165, 1.54) is 0 Å². The third-order valence-electron chi connectivity index (χ3n) is 3.39. The molecular formula is C16H23ClN2O3. The number of allylic oxidation sites excluding steroid dienone is 3. The quantitative estimate of drug-likeness (QED) is 0.847. The van der Waals surface area contributed by atoms with E-state index in [9.17, 15) is 4.79 Å². The third-order valence-corrected chi connectivity index (χ3v) is 3.71. The van der Waals surface area contributed by atoms with Gasteiger partial charge >= 0.3 is 6.09 Å². The highest BCUT2D eigenvalue weighted by molar-refractivity contribution is 6.30. The first-order valence-electron chi connectivity index (χ1n) is 7.34. The molecule has 0 spiro atoms. The van der Waals surface area contributed by atoms with Crippen molar-refractivity contribution in [2.75, 3.05) is 20.2 Å². The lowest BCUT2D eigenvalue weighted by molar-refractivity contribution is 0.0265. The van der Waals surface area contributed by atoms with Crippen molar-refractivity contribution in [2.45, 2.75) is 39.0 Å². The summed E-state index contributed by atoms with van der Waals surface area (Å²) in [5, 5.41) is 3.86. The molecule has 1 amide bonds. The van der Waals surface area contributed by atoms with Gasteiger partial charge in [0.05, 0.1) is 5.03 Å². The van der Waals surface area contributed by atoms with E-state index in [-0.39, 0.29) is 12.3 Å². The number of hydrogen-bond acceptors (Lipinski definition) is 4. The fraction of sp³-hybridized carbons (Fsp3) is 0.562. The highest BCUT2D eigenvalue weighted by atomic mass is 35.5. The molecule has 122 valence electrons. The van der Waals surface area contributed by atoms with Crippen LogP contribution >= 0.6 is 11.6 Å². The fourth-order valence-electron chi connectivity index (χ4n) is 2.29. The van der Waals surface area contributed by atoms with Crippen LogP contribution in [-0.4, -0.2) is 43.0 Å². The van der Waals surface area contributed by atoms with Crippen molar-refractivity contribution in [2.24, 2.45) is 0 Å². The maximum absolute atomic E-state index is 12.0. The lowest BCUT2D eigenvalue weighted by Crippen LogP contribution is -2.40. The Kier molecular flexibility index (Phi) is 5.19. The molecule has 0 fully saturated rings. The Morgan fingerprint density at radius 3 is 2.68 bits per heavy atom. The van der Waals surface area contributed by atoms with E-state index in [0.717, 1.165) is 17.7 Å². The smallest absolute Gasteiger partial charge is 0.410 e. The Labute approximate surface area is 136 Å². The Bertz CT molecular complexity index is 532. The lowest BCUT2D eigenvalue weighted by Gasteiger charge is -2.31. The fourth-order valence-corrected chi connectivity index (χ4v) is 2.49. The Morgan fingerprint density at radius 1 is 1.41 bits per heavy atom. The summed E-state index contributed by atoms with van der Waals surface area (Å²) in [6.07, 6.45) is 5.99. The number of methoxy groups -OCH3 is 1. The van der Waals surface area contributed by atoms with Gasteiger partial charge in [-0.05, 0) is 44.9 Å². The van der Waals surface area contributed by atoms with Gasteiger partial charge in [0.25, 0.3) is 0 Å². The Morgan fingerprint density at radius 2 is 2.14 bits per heavy atom.